The summed E-state index contributed by atoms with van der Waals surface area (Å²) in [5.41, 5.74) is 0.227. The second-order valence-corrected chi connectivity index (χ2v) is 5.21. The summed E-state index contributed by atoms with van der Waals surface area (Å²) in [5, 5.41) is 9.76. The van der Waals surface area contributed by atoms with Crippen LogP contribution in [0.25, 0.3) is 0 Å². The molecule has 22 heavy (non-hydrogen) atoms. The third-order valence-electron chi connectivity index (χ3n) is 3.45. The Labute approximate surface area is 130 Å². The normalized spacial score (nSPS) is 29.9. The van der Waals surface area contributed by atoms with E-state index >= 15 is 0 Å². The standard InChI is InChI=1S/C12H12N2O7S/c15-12(6-2-1-3-13-11(6)22)20-7-4-18-10-8(21-14(16)17)5-19-9(7)10/h1-3,7-10H,4-5H2,(H,13,22)/t7-,8+,9+,10+/m0/s1. The van der Waals surface area contributed by atoms with Crippen LogP contribution in [0.3, 0.4) is 0 Å². The molecule has 1 aromatic rings. The van der Waals surface area contributed by atoms with Crippen LogP contribution in [0, 0.1) is 10.1 Å². The van der Waals surface area contributed by atoms with Gasteiger partial charge in [-0.15, -0.1) is 22.7 Å². The lowest BCUT2D eigenvalue weighted by Gasteiger charge is -2.17. The fourth-order valence-corrected chi connectivity index (χ4v) is 2.72. The molecule has 2 aliphatic heterocycles. The number of hydrogen-bond acceptors (Lipinski definition) is 9. The number of aromatic nitrogens is 1. The molecule has 0 aliphatic carbocycles. The van der Waals surface area contributed by atoms with Crippen LogP contribution in [0.2, 0.25) is 0 Å². The molecule has 2 fully saturated rings. The van der Waals surface area contributed by atoms with Crippen LogP contribution in [0.5, 0.6) is 0 Å². The van der Waals surface area contributed by atoms with Crippen molar-refractivity contribution in [1.82, 2.24) is 4.98 Å². The molecule has 1 aromatic heterocycles. The van der Waals surface area contributed by atoms with Crippen molar-refractivity contribution in [3.63, 3.8) is 0 Å². The first-order chi connectivity index (χ1) is 10.6. The van der Waals surface area contributed by atoms with Gasteiger partial charge in [-0.2, -0.15) is 0 Å². The molecule has 9 nitrogen and oxygen atoms in total. The number of esters is 1. The van der Waals surface area contributed by atoms with E-state index in [0.717, 1.165) is 0 Å². The molecule has 0 aromatic carbocycles. The fraction of sp³-hybridized carbons (Fsp3) is 0.500. The molecule has 0 unspecified atom stereocenters. The smallest absolute Gasteiger partial charge is 0.341 e. The van der Waals surface area contributed by atoms with Crippen molar-refractivity contribution >= 4 is 18.6 Å². The van der Waals surface area contributed by atoms with E-state index in [1.54, 1.807) is 12.1 Å². The zero-order chi connectivity index (χ0) is 15.7. The molecule has 0 radical (unpaired) electrons. The van der Waals surface area contributed by atoms with E-state index in [-0.39, 0.29) is 23.8 Å². The molecule has 3 rings (SSSR count). The van der Waals surface area contributed by atoms with Gasteiger partial charge in [-0.05, 0) is 12.1 Å². The first kappa shape index (κ1) is 15.0. The number of ether oxygens (including phenoxy) is 3. The van der Waals surface area contributed by atoms with Crippen molar-refractivity contribution in [2.24, 2.45) is 0 Å². The zero-order valence-corrected chi connectivity index (χ0v) is 12.0. The molecule has 118 valence electrons. The lowest BCUT2D eigenvalue weighted by molar-refractivity contribution is -0.769. The van der Waals surface area contributed by atoms with Gasteiger partial charge in [-0.3, -0.25) is 0 Å². The van der Waals surface area contributed by atoms with Gasteiger partial charge in [-0.25, -0.2) is 9.78 Å². The van der Waals surface area contributed by atoms with E-state index in [9.17, 15) is 14.9 Å². The van der Waals surface area contributed by atoms with Crippen LogP contribution in [-0.2, 0) is 19.0 Å². The molecular formula is C12H12N2O7S. The number of pyridine rings is 1. The summed E-state index contributed by atoms with van der Waals surface area (Å²) in [5.74, 6) is -0.602. The van der Waals surface area contributed by atoms with E-state index in [4.69, 9.17) is 14.2 Å². The topological polar surface area (TPSA) is 110 Å². The number of carbonyl (C=O) groups is 1. The second-order valence-electron chi connectivity index (χ2n) is 4.78. The largest absolute Gasteiger partial charge is 0.453 e. The molecule has 2 saturated heterocycles. The van der Waals surface area contributed by atoms with Gasteiger partial charge in [0.1, 0.15) is 17.2 Å². The molecule has 0 spiro atoms. The van der Waals surface area contributed by atoms with E-state index in [1.807, 2.05) is 0 Å². The van der Waals surface area contributed by atoms with Crippen molar-refractivity contribution < 1.29 is 28.9 Å². The van der Waals surface area contributed by atoms with Crippen LogP contribution >= 0.6 is 12.6 Å². The van der Waals surface area contributed by atoms with Gasteiger partial charge >= 0.3 is 5.97 Å². The predicted octanol–water partition coefficient (Wildman–Crippen LogP) is 0.270. The maximum absolute atomic E-state index is 12.1. The molecule has 0 amide bonds. The van der Waals surface area contributed by atoms with Gasteiger partial charge in [0.2, 0.25) is 0 Å². The quantitative estimate of drug-likeness (QED) is 0.363. The van der Waals surface area contributed by atoms with Crippen LogP contribution < -0.4 is 0 Å². The van der Waals surface area contributed by atoms with E-state index in [0.29, 0.717) is 0 Å². The van der Waals surface area contributed by atoms with Gasteiger partial charge in [0.25, 0.3) is 5.09 Å². The van der Waals surface area contributed by atoms with Gasteiger partial charge in [0, 0.05) is 6.20 Å². The van der Waals surface area contributed by atoms with E-state index in [1.165, 1.54) is 6.20 Å². The Morgan fingerprint density at radius 2 is 2.05 bits per heavy atom. The third kappa shape index (κ3) is 2.85. The first-order valence-corrected chi connectivity index (χ1v) is 6.90. The summed E-state index contributed by atoms with van der Waals surface area (Å²) in [6.45, 7) is 0.0931. The Morgan fingerprint density at radius 1 is 1.36 bits per heavy atom. The molecule has 0 N–H and O–H groups in total. The van der Waals surface area contributed by atoms with Crippen LogP contribution in [0.4, 0.5) is 0 Å². The average Bonchev–Trinajstić information content (AvgIpc) is 3.03. The highest BCUT2D eigenvalue weighted by Gasteiger charge is 2.51. The number of rotatable bonds is 4. The number of fused-ring (bicyclic) bond motifs is 1. The lowest BCUT2D eigenvalue weighted by atomic mass is 10.1. The van der Waals surface area contributed by atoms with Crippen molar-refractivity contribution in [2.75, 3.05) is 13.2 Å². The Balaban J connectivity index is 1.64. The predicted molar refractivity (Wildman–Crippen MR) is 72.0 cm³/mol. The van der Waals surface area contributed by atoms with Crippen LogP contribution in [-0.4, -0.2) is 53.7 Å². The Bertz CT molecular complexity index is 599. The maximum atomic E-state index is 12.1. The second kappa shape index (κ2) is 6.07. The minimum atomic E-state index is -0.887. The summed E-state index contributed by atoms with van der Waals surface area (Å²) in [7, 11) is 0. The van der Waals surface area contributed by atoms with Crippen molar-refractivity contribution in [2.45, 2.75) is 29.4 Å². The number of nitrogens with zero attached hydrogens (tertiary/aromatic N) is 2. The van der Waals surface area contributed by atoms with Crippen molar-refractivity contribution in [3.8, 4) is 0 Å². The third-order valence-corrected chi connectivity index (χ3v) is 3.81. The number of hydrogen-bond donors (Lipinski definition) is 1. The first-order valence-electron chi connectivity index (χ1n) is 6.45. The molecular weight excluding hydrogens is 316 g/mol. The SMILES string of the molecule is O=C(O[C@H]1CO[C@H]2[C@@H]1OC[C@H]2O[N+](=O)[O-])c1cccnc1S. The highest BCUT2D eigenvalue weighted by atomic mass is 32.1. The molecule has 0 saturated carbocycles. The summed E-state index contributed by atoms with van der Waals surface area (Å²) in [6.07, 6.45) is -1.19. The molecule has 0 bridgehead atoms. The number of thiol groups is 1. The maximum Gasteiger partial charge on any atom is 0.341 e. The van der Waals surface area contributed by atoms with Gasteiger partial charge in [0.15, 0.2) is 12.2 Å². The van der Waals surface area contributed by atoms with Gasteiger partial charge < -0.3 is 19.0 Å². The highest BCUT2D eigenvalue weighted by Crippen LogP contribution is 2.31. The van der Waals surface area contributed by atoms with E-state index in [2.05, 4.69) is 22.5 Å². The summed E-state index contributed by atoms with van der Waals surface area (Å²) < 4.78 is 16.1. The Kier molecular flexibility index (Phi) is 4.14. The molecule has 4 atom stereocenters. The Hall–Kier alpha value is -1.91. The minimum absolute atomic E-state index is 0.00900. The van der Waals surface area contributed by atoms with Crippen molar-refractivity contribution in [3.05, 3.63) is 34.0 Å². The summed E-state index contributed by atoms with van der Waals surface area (Å²) in [6, 6.07) is 3.14. The monoisotopic (exact) mass is 328 g/mol. The van der Waals surface area contributed by atoms with Gasteiger partial charge in [-0.1, -0.05) is 0 Å². The van der Waals surface area contributed by atoms with Crippen molar-refractivity contribution in [1.29, 1.82) is 0 Å². The lowest BCUT2D eigenvalue weighted by Crippen LogP contribution is -2.35. The Morgan fingerprint density at radius 3 is 2.73 bits per heavy atom. The highest BCUT2D eigenvalue weighted by molar-refractivity contribution is 7.80. The van der Waals surface area contributed by atoms with Crippen LogP contribution in [0.15, 0.2) is 23.4 Å². The molecule has 3 heterocycles. The fourth-order valence-electron chi connectivity index (χ4n) is 2.49. The summed E-state index contributed by atoms with van der Waals surface area (Å²) in [4.78, 5) is 30.9. The zero-order valence-electron chi connectivity index (χ0n) is 11.2. The average molecular weight is 328 g/mol. The molecule has 2 aliphatic rings. The van der Waals surface area contributed by atoms with Crippen LogP contribution in [0.1, 0.15) is 10.4 Å². The van der Waals surface area contributed by atoms with Gasteiger partial charge in [0.05, 0.1) is 18.8 Å². The molecule has 10 heteroatoms. The summed E-state index contributed by atoms with van der Waals surface area (Å²) >= 11 is 4.09. The minimum Gasteiger partial charge on any atom is -0.453 e. The number of carbonyl (C=O) groups excluding carboxylic acids is 1. The van der Waals surface area contributed by atoms with E-state index < -0.39 is 35.5 Å².